The number of benzene rings is 3. The smallest absolute Gasteiger partial charge is 0.271 e. The van der Waals surface area contributed by atoms with Crippen molar-refractivity contribution in [3.05, 3.63) is 83.9 Å². The molecule has 0 aromatic heterocycles. The Morgan fingerprint density at radius 2 is 1.69 bits per heavy atom. The zero-order valence-electron chi connectivity index (χ0n) is 14.2. The van der Waals surface area contributed by atoms with Gasteiger partial charge in [0.05, 0.1) is 13.3 Å². The van der Waals surface area contributed by atoms with E-state index in [1.807, 2.05) is 42.5 Å². The summed E-state index contributed by atoms with van der Waals surface area (Å²) >= 11 is 0. The van der Waals surface area contributed by atoms with Gasteiger partial charge in [-0.25, -0.2) is 5.43 Å². The second-order valence-electron chi connectivity index (χ2n) is 5.57. The molecule has 130 valence electrons. The van der Waals surface area contributed by atoms with Crippen molar-refractivity contribution < 1.29 is 14.6 Å². The van der Waals surface area contributed by atoms with E-state index in [9.17, 15) is 9.90 Å². The van der Waals surface area contributed by atoms with E-state index < -0.39 is 0 Å². The third-order valence-electron chi connectivity index (χ3n) is 3.84. The molecule has 3 aromatic carbocycles. The predicted octanol–water partition coefficient (Wildman–Crippen LogP) is 3.83. The number of nitrogens with zero attached hydrogens (tertiary/aromatic N) is 1. The van der Waals surface area contributed by atoms with Gasteiger partial charge in [-0.1, -0.05) is 42.5 Å². The minimum atomic E-state index is -0.299. The average molecular weight is 346 g/mol. The fraction of sp³-hybridized carbons (Fsp3) is 0.0476. The summed E-state index contributed by atoms with van der Waals surface area (Å²) in [6.07, 6.45) is 1.48. The molecule has 0 unspecified atom stereocenters. The Labute approximate surface area is 151 Å². The van der Waals surface area contributed by atoms with Crippen molar-refractivity contribution in [3.8, 4) is 22.6 Å². The number of ether oxygens (including phenoxy) is 1. The number of phenols is 1. The highest BCUT2D eigenvalue weighted by atomic mass is 16.5. The van der Waals surface area contributed by atoms with Crippen molar-refractivity contribution in [2.24, 2.45) is 5.10 Å². The van der Waals surface area contributed by atoms with E-state index in [0.717, 1.165) is 11.1 Å². The van der Waals surface area contributed by atoms with E-state index >= 15 is 0 Å². The molecular weight excluding hydrogens is 328 g/mol. The zero-order chi connectivity index (χ0) is 18.4. The molecule has 0 aliphatic heterocycles. The van der Waals surface area contributed by atoms with Crippen LogP contribution in [-0.2, 0) is 0 Å². The van der Waals surface area contributed by atoms with E-state index in [0.29, 0.717) is 16.9 Å². The third kappa shape index (κ3) is 4.08. The molecule has 0 bridgehead atoms. The number of phenolic OH excluding ortho intramolecular Hbond substituents is 1. The molecule has 3 rings (SSSR count). The molecule has 1 amide bonds. The number of carbonyl (C=O) groups is 1. The number of nitrogens with one attached hydrogen (secondary N) is 1. The number of rotatable bonds is 5. The van der Waals surface area contributed by atoms with Crippen molar-refractivity contribution in [3.63, 3.8) is 0 Å². The Morgan fingerprint density at radius 3 is 2.38 bits per heavy atom. The highest BCUT2D eigenvalue weighted by molar-refractivity contribution is 5.95. The lowest BCUT2D eigenvalue weighted by Crippen LogP contribution is -2.17. The normalized spacial score (nSPS) is 10.7. The third-order valence-corrected chi connectivity index (χ3v) is 3.84. The predicted molar refractivity (Wildman–Crippen MR) is 102 cm³/mol. The van der Waals surface area contributed by atoms with Crippen LogP contribution in [0.3, 0.4) is 0 Å². The summed E-state index contributed by atoms with van der Waals surface area (Å²) in [7, 11) is 1.47. The summed E-state index contributed by atoms with van der Waals surface area (Å²) in [6.45, 7) is 0. The molecule has 3 aromatic rings. The fourth-order valence-corrected chi connectivity index (χ4v) is 2.45. The minimum Gasteiger partial charge on any atom is -0.504 e. The van der Waals surface area contributed by atoms with E-state index in [4.69, 9.17) is 4.74 Å². The Kier molecular flexibility index (Phi) is 5.29. The maximum Gasteiger partial charge on any atom is 0.271 e. The number of carbonyl (C=O) groups excluding carboxylic acids is 1. The quantitative estimate of drug-likeness (QED) is 0.545. The van der Waals surface area contributed by atoms with Crippen LogP contribution in [0.15, 0.2) is 77.9 Å². The van der Waals surface area contributed by atoms with Gasteiger partial charge < -0.3 is 9.84 Å². The topological polar surface area (TPSA) is 70.9 Å². The number of methoxy groups -OCH3 is 1. The molecule has 5 heteroatoms. The van der Waals surface area contributed by atoms with Gasteiger partial charge in [0.2, 0.25) is 0 Å². The van der Waals surface area contributed by atoms with Crippen LogP contribution >= 0.6 is 0 Å². The first-order valence-corrected chi connectivity index (χ1v) is 8.03. The number of aromatic hydroxyl groups is 1. The van der Waals surface area contributed by atoms with Crippen molar-refractivity contribution in [2.45, 2.75) is 0 Å². The minimum absolute atomic E-state index is 0.0483. The molecule has 0 radical (unpaired) electrons. The van der Waals surface area contributed by atoms with E-state index in [2.05, 4.69) is 10.5 Å². The van der Waals surface area contributed by atoms with Crippen molar-refractivity contribution in [1.29, 1.82) is 0 Å². The van der Waals surface area contributed by atoms with Crippen molar-refractivity contribution in [1.82, 2.24) is 5.43 Å². The number of hydrazone groups is 1. The van der Waals surface area contributed by atoms with Gasteiger partial charge in [-0.15, -0.1) is 0 Å². The van der Waals surface area contributed by atoms with Crippen LogP contribution in [0.1, 0.15) is 15.9 Å². The molecule has 2 N–H and O–H groups in total. The monoisotopic (exact) mass is 346 g/mol. The number of hydrogen-bond acceptors (Lipinski definition) is 4. The van der Waals surface area contributed by atoms with Crippen LogP contribution in [0.4, 0.5) is 0 Å². The van der Waals surface area contributed by atoms with Gasteiger partial charge >= 0.3 is 0 Å². The highest BCUT2D eigenvalue weighted by Crippen LogP contribution is 2.25. The van der Waals surface area contributed by atoms with Gasteiger partial charge in [-0.2, -0.15) is 5.10 Å². The lowest BCUT2D eigenvalue weighted by molar-refractivity contribution is 0.0955. The van der Waals surface area contributed by atoms with Crippen LogP contribution in [0, 0.1) is 0 Å². The molecule has 0 saturated carbocycles. The van der Waals surface area contributed by atoms with Crippen LogP contribution in [0.5, 0.6) is 11.5 Å². The summed E-state index contributed by atoms with van der Waals surface area (Å²) in [5.41, 5.74) is 5.84. The molecule has 0 saturated heterocycles. The Bertz CT molecular complexity index is 920. The molecular formula is C21H18N2O3. The van der Waals surface area contributed by atoms with E-state index in [-0.39, 0.29) is 11.7 Å². The van der Waals surface area contributed by atoms with E-state index in [1.54, 1.807) is 24.3 Å². The summed E-state index contributed by atoms with van der Waals surface area (Å²) < 4.78 is 5.03. The Morgan fingerprint density at radius 1 is 1.00 bits per heavy atom. The van der Waals surface area contributed by atoms with E-state index in [1.165, 1.54) is 19.4 Å². The zero-order valence-corrected chi connectivity index (χ0v) is 14.2. The molecule has 0 atom stereocenters. The van der Waals surface area contributed by atoms with Gasteiger partial charge in [0, 0.05) is 5.56 Å². The lowest BCUT2D eigenvalue weighted by Gasteiger charge is -2.04. The summed E-state index contributed by atoms with van der Waals surface area (Å²) in [6, 6.07) is 22.1. The number of amides is 1. The molecule has 0 aliphatic rings. The molecule has 0 heterocycles. The van der Waals surface area contributed by atoms with Gasteiger partial charge in [0.1, 0.15) is 0 Å². The summed E-state index contributed by atoms with van der Waals surface area (Å²) in [5.74, 6) is 0.0931. The second kappa shape index (κ2) is 7.98. The Hall–Kier alpha value is -3.60. The van der Waals surface area contributed by atoms with Gasteiger partial charge in [0.15, 0.2) is 11.5 Å². The first kappa shape index (κ1) is 17.2. The molecule has 0 spiro atoms. The molecule has 26 heavy (non-hydrogen) atoms. The van der Waals surface area contributed by atoms with Crippen LogP contribution in [0.2, 0.25) is 0 Å². The van der Waals surface area contributed by atoms with Crippen molar-refractivity contribution >= 4 is 12.1 Å². The van der Waals surface area contributed by atoms with Crippen LogP contribution in [-0.4, -0.2) is 24.3 Å². The van der Waals surface area contributed by atoms with Crippen LogP contribution < -0.4 is 10.2 Å². The van der Waals surface area contributed by atoms with Gasteiger partial charge in [-0.05, 0) is 47.0 Å². The average Bonchev–Trinajstić information content (AvgIpc) is 2.70. The van der Waals surface area contributed by atoms with Crippen molar-refractivity contribution in [2.75, 3.05) is 7.11 Å². The number of hydrogen-bond donors (Lipinski definition) is 2. The first-order chi connectivity index (χ1) is 12.7. The summed E-state index contributed by atoms with van der Waals surface area (Å²) in [5, 5.41) is 13.5. The SMILES string of the molecule is COc1cc(C=NNC(=O)c2ccc(-c3ccccc3)cc2)ccc1O. The highest BCUT2D eigenvalue weighted by Gasteiger charge is 2.05. The second-order valence-corrected chi connectivity index (χ2v) is 5.57. The van der Waals surface area contributed by atoms with Gasteiger partial charge in [-0.3, -0.25) is 4.79 Å². The Balaban J connectivity index is 1.65. The first-order valence-electron chi connectivity index (χ1n) is 8.03. The maximum absolute atomic E-state index is 12.2. The fourth-order valence-electron chi connectivity index (χ4n) is 2.45. The lowest BCUT2D eigenvalue weighted by atomic mass is 10.0. The van der Waals surface area contributed by atoms with Gasteiger partial charge in [0.25, 0.3) is 5.91 Å². The molecule has 5 nitrogen and oxygen atoms in total. The largest absolute Gasteiger partial charge is 0.504 e. The molecule has 0 fully saturated rings. The van der Waals surface area contributed by atoms with Crippen LogP contribution in [0.25, 0.3) is 11.1 Å². The molecule has 0 aliphatic carbocycles. The standard InChI is InChI=1S/C21H18N2O3/c1-26-20-13-15(7-12-19(20)24)14-22-23-21(25)18-10-8-17(9-11-18)16-5-3-2-4-6-16/h2-14,24H,1H3,(H,23,25). The summed E-state index contributed by atoms with van der Waals surface area (Å²) in [4.78, 5) is 12.2. The maximum atomic E-state index is 12.2.